The van der Waals surface area contributed by atoms with Crippen molar-refractivity contribution in [2.24, 2.45) is 0 Å². The maximum Gasteiger partial charge on any atom is 0.305 e. The summed E-state index contributed by atoms with van der Waals surface area (Å²) in [5.41, 5.74) is 0. The molecule has 0 aromatic heterocycles. The molecule has 8 N–H and O–H groups in total. The molecule has 8 unspecified atom stereocenters. The van der Waals surface area contributed by atoms with Crippen LogP contribution in [-0.2, 0) is 38.0 Å². The van der Waals surface area contributed by atoms with Gasteiger partial charge in [-0.1, -0.05) is 93.9 Å². The van der Waals surface area contributed by atoms with Crippen LogP contribution in [0.15, 0.2) is 60.8 Å². The molecule has 0 radical (unpaired) electrons. The molecule has 1 aliphatic heterocycles. The molecule has 1 aliphatic rings. The molecule has 0 aromatic rings. The Morgan fingerprint density at radius 2 is 1.30 bits per heavy atom. The van der Waals surface area contributed by atoms with Crippen LogP contribution < -0.4 is 0 Å². The zero-order chi connectivity index (χ0) is 47.5. The fraction of sp³-hybridized carbons (Fsp3) is 0.750. The number of allylic oxidation sites excluding steroid dienone is 3. The van der Waals surface area contributed by atoms with E-state index in [1.165, 1.54) is 14.2 Å². The number of aliphatic hydroxyl groups excluding tert-OH is 8. The first kappa shape index (κ1) is 59.2. The van der Waals surface area contributed by atoms with E-state index in [0.29, 0.717) is 44.9 Å². The normalized spacial score (nSPS) is 23.0. The van der Waals surface area contributed by atoms with Crippen molar-refractivity contribution < 1.29 is 78.9 Å². The Bertz CT molecular complexity index is 1340. The van der Waals surface area contributed by atoms with Crippen LogP contribution in [0.5, 0.6) is 0 Å². The lowest BCUT2D eigenvalue weighted by molar-refractivity contribution is -0.307. The summed E-state index contributed by atoms with van der Waals surface area (Å²) in [6, 6.07) is 0. The molecule has 0 amide bonds. The van der Waals surface area contributed by atoms with Crippen molar-refractivity contribution in [1.29, 1.82) is 0 Å². The molecular formula is C48H82O16. The minimum absolute atomic E-state index is 0.163. The predicted octanol–water partition coefficient (Wildman–Crippen LogP) is 4.18. The monoisotopic (exact) mass is 915 g/mol. The molecule has 0 aromatic carbocycles. The number of carbonyl (C=O) groups is 2. The summed E-state index contributed by atoms with van der Waals surface area (Å²) in [4.78, 5) is 23.0. The van der Waals surface area contributed by atoms with Crippen molar-refractivity contribution >= 4 is 11.9 Å². The van der Waals surface area contributed by atoms with E-state index >= 15 is 0 Å². The summed E-state index contributed by atoms with van der Waals surface area (Å²) in [5, 5.41) is 84.4. The lowest BCUT2D eigenvalue weighted by atomic mass is 9.99. The van der Waals surface area contributed by atoms with Crippen LogP contribution in [-0.4, -0.2) is 160 Å². The number of hydrogen-bond donors (Lipinski definition) is 8. The highest BCUT2D eigenvalue weighted by molar-refractivity contribution is 5.69. The van der Waals surface area contributed by atoms with E-state index in [1.54, 1.807) is 24.3 Å². The number of unbranched alkanes of at least 4 members (excludes halogenated alkanes) is 6. The number of methoxy groups -OCH3 is 2. The van der Waals surface area contributed by atoms with Crippen LogP contribution >= 0.6 is 0 Å². The molecule has 370 valence electrons. The molecule has 16 nitrogen and oxygen atoms in total. The first-order chi connectivity index (χ1) is 30.8. The minimum atomic E-state index is -1.67. The summed E-state index contributed by atoms with van der Waals surface area (Å²) >= 11 is 0. The molecule has 1 fully saturated rings. The van der Waals surface area contributed by atoms with E-state index in [1.807, 2.05) is 36.5 Å². The zero-order valence-corrected chi connectivity index (χ0v) is 38.7. The Morgan fingerprint density at radius 1 is 0.656 bits per heavy atom. The fourth-order valence-electron chi connectivity index (χ4n) is 6.55. The van der Waals surface area contributed by atoms with Gasteiger partial charge in [0.1, 0.15) is 36.6 Å². The van der Waals surface area contributed by atoms with Crippen LogP contribution in [0.3, 0.4) is 0 Å². The molecule has 64 heavy (non-hydrogen) atoms. The van der Waals surface area contributed by atoms with Gasteiger partial charge in [-0.05, 0) is 77.0 Å². The average Bonchev–Trinajstić information content (AvgIpc) is 3.29. The molecular weight excluding hydrogens is 833 g/mol. The smallest absolute Gasteiger partial charge is 0.305 e. The van der Waals surface area contributed by atoms with E-state index in [-0.39, 0.29) is 44.2 Å². The Hall–Kier alpha value is -2.84. The highest BCUT2D eigenvalue weighted by Gasteiger charge is 2.44. The third-order valence-electron chi connectivity index (χ3n) is 10.6. The molecule has 0 bridgehead atoms. The fourth-order valence-corrected chi connectivity index (χ4v) is 6.55. The predicted molar refractivity (Wildman–Crippen MR) is 242 cm³/mol. The lowest BCUT2D eigenvalue weighted by Gasteiger charge is -2.40. The molecule has 1 saturated heterocycles. The summed E-state index contributed by atoms with van der Waals surface area (Å²) in [6.07, 6.45) is 14.6. The third-order valence-corrected chi connectivity index (χ3v) is 10.6. The molecule has 1 heterocycles. The van der Waals surface area contributed by atoms with Gasteiger partial charge in [0.25, 0.3) is 0 Å². The van der Waals surface area contributed by atoms with Crippen molar-refractivity contribution in [2.75, 3.05) is 34.0 Å². The second-order valence-electron chi connectivity index (χ2n) is 16.1. The van der Waals surface area contributed by atoms with Crippen LogP contribution in [0.2, 0.25) is 0 Å². The van der Waals surface area contributed by atoms with Crippen LogP contribution in [0.25, 0.3) is 0 Å². The second kappa shape index (κ2) is 37.3. The van der Waals surface area contributed by atoms with Gasteiger partial charge in [0.15, 0.2) is 6.29 Å². The standard InChI is InChI=1S/C48H82O16/c1-5-7-9-11-12-16-25-38(52)41(63-40(27-17-10-8-6-2)39(53)26-21-23-35(50)22-19-20-29-44(55)60-4)31-30-37(24-15-13-14-18-28-43(54)59-3)61-34-42-45(56)46(57)47(58)48(64-42)62-33-36(51)32-49/h10,12-13,15-17,21,23,30-31,35-42,45-53,56-58H,5-9,11,14,18-20,22,24-29,32-34H2,1-4H3/b15-13-,16-12-,17-10-,23-21+,31-30+/t35?,36?,37?,38?,39?,40?,41?,42?,45-,46-,47+,48+/m0/s1. The maximum absolute atomic E-state index is 11.6. The molecule has 0 aliphatic carbocycles. The van der Waals surface area contributed by atoms with Crippen molar-refractivity contribution in [3.05, 3.63) is 60.8 Å². The highest BCUT2D eigenvalue weighted by Crippen LogP contribution is 2.24. The van der Waals surface area contributed by atoms with Crippen molar-refractivity contribution in [2.45, 2.75) is 196 Å². The molecule has 16 heteroatoms. The van der Waals surface area contributed by atoms with Gasteiger partial charge in [-0.2, -0.15) is 0 Å². The topological polar surface area (TPSA) is 251 Å². The Labute approximate surface area is 381 Å². The number of aliphatic hydroxyl groups is 8. The van der Waals surface area contributed by atoms with Gasteiger partial charge in [-0.25, -0.2) is 0 Å². The Morgan fingerprint density at radius 3 is 1.97 bits per heavy atom. The van der Waals surface area contributed by atoms with Crippen molar-refractivity contribution in [1.82, 2.24) is 0 Å². The molecule has 12 atom stereocenters. The minimum Gasteiger partial charge on any atom is -0.469 e. The highest BCUT2D eigenvalue weighted by atomic mass is 16.7. The number of rotatable bonds is 37. The zero-order valence-electron chi connectivity index (χ0n) is 38.7. The molecule has 0 spiro atoms. The van der Waals surface area contributed by atoms with Gasteiger partial charge in [-0.3, -0.25) is 9.59 Å². The van der Waals surface area contributed by atoms with Gasteiger partial charge in [0, 0.05) is 12.8 Å². The van der Waals surface area contributed by atoms with Crippen LogP contribution in [0, 0.1) is 0 Å². The van der Waals surface area contributed by atoms with Gasteiger partial charge in [0.2, 0.25) is 0 Å². The number of carbonyl (C=O) groups excluding carboxylic acids is 2. The van der Waals surface area contributed by atoms with Crippen LogP contribution in [0.1, 0.15) is 123 Å². The summed E-state index contributed by atoms with van der Waals surface area (Å²) in [6.45, 7) is 2.91. The molecule has 0 saturated carbocycles. The largest absolute Gasteiger partial charge is 0.469 e. The Kier molecular flexibility index (Phi) is 34.5. The van der Waals surface area contributed by atoms with Crippen molar-refractivity contribution in [3.63, 3.8) is 0 Å². The van der Waals surface area contributed by atoms with Gasteiger partial charge < -0.3 is 69.3 Å². The Balaban J connectivity index is 3.41. The summed E-state index contributed by atoms with van der Waals surface area (Å²) in [5.74, 6) is -0.613. The second-order valence-corrected chi connectivity index (χ2v) is 16.1. The third kappa shape index (κ3) is 27.0. The van der Waals surface area contributed by atoms with Gasteiger partial charge >= 0.3 is 11.9 Å². The van der Waals surface area contributed by atoms with E-state index in [2.05, 4.69) is 18.6 Å². The van der Waals surface area contributed by atoms with Crippen molar-refractivity contribution in [3.8, 4) is 0 Å². The SMILES string of the molecule is CCC/C=C\CC(OC(/C=C/C(C/C=C\CCCC(=O)OC)OCC1O[C@@H](OCC(O)CO)[C@H](O)[C@@H](O)[C@H]1O)C(O)C/C=C\CCCCC)C(O)C/C=C/C(O)CCCCC(=O)OC. The summed E-state index contributed by atoms with van der Waals surface area (Å²) in [7, 11) is 2.67. The lowest BCUT2D eigenvalue weighted by Crippen LogP contribution is -2.59. The maximum atomic E-state index is 11.6. The summed E-state index contributed by atoms with van der Waals surface area (Å²) < 4.78 is 33.3. The van der Waals surface area contributed by atoms with E-state index in [4.69, 9.17) is 23.7 Å². The quantitative estimate of drug-likeness (QED) is 0.0247. The average molecular weight is 915 g/mol. The van der Waals surface area contributed by atoms with Crippen LogP contribution in [0.4, 0.5) is 0 Å². The first-order valence-corrected chi connectivity index (χ1v) is 23.2. The number of ether oxygens (including phenoxy) is 6. The first-order valence-electron chi connectivity index (χ1n) is 23.2. The van der Waals surface area contributed by atoms with Gasteiger partial charge in [-0.15, -0.1) is 0 Å². The van der Waals surface area contributed by atoms with E-state index in [0.717, 1.165) is 38.5 Å². The molecule has 1 rings (SSSR count). The van der Waals surface area contributed by atoms with Gasteiger partial charge in [0.05, 0.1) is 64.6 Å². The number of esters is 2. The van der Waals surface area contributed by atoms with E-state index in [9.17, 15) is 50.4 Å². The number of hydrogen-bond acceptors (Lipinski definition) is 16. The van der Waals surface area contributed by atoms with E-state index < -0.39 is 86.6 Å².